The predicted molar refractivity (Wildman–Crippen MR) is 99.9 cm³/mol. The van der Waals surface area contributed by atoms with E-state index in [0.29, 0.717) is 5.92 Å². The van der Waals surface area contributed by atoms with E-state index in [1.54, 1.807) is 0 Å². The Kier molecular flexibility index (Phi) is 5.50. The Morgan fingerprint density at radius 2 is 2.08 bits per heavy atom. The minimum atomic E-state index is -0.417. The predicted octanol–water partition coefficient (Wildman–Crippen LogP) is 4.02. The molecule has 0 radical (unpaired) electrons. The van der Waals surface area contributed by atoms with Crippen LogP contribution in [0.2, 0.25) is 0 Å². The molecule has 0 unspecified atom stereocenters. The zero-order valence-corrected chi connectivity index (χ0v) is 15.8. The quantitative estimate of drug-likeness (QED) is 0.899. The molecule has 3 rings (SSSR count). The van der Waals surface area contributed by atoms with Crippen molar-refractivity contribution in [3.05, 3.63) is 23.4 Å². The number of anilines is 1. The monoisotopic (exact) mass is 345 g/mol. The molecule has 1 saturated heterocycles. The molecule has 25 heavy (non-hydrogen) atoms. The highest BCUT2D eigenvalue weighted by Crippen LogP contribution is 2.25. The van der Waals surface area contributed by atoms with Crippen LogP contribution < -0.4 is 5.32 Å². The smallest absolute Gasteiger partial charge is 0.410 e. The lowest BCUT2D eigenvalue weighted by Crippen LogP contribution is -2.41. The molecule has 0 saturated carbocycles. The Morgan fingerprint density at radius 3 is 2.80 bits per heavy atom. The molecule has 1 aromatic heterocycles. The second kappa shape index (κ2) is 7.63. The molecule has 0 aromatic carbocycles. The lowest BCUT2D eigenvalue weighted by atomic mass is 9.91. The first kappa shape index (κ1) is 18.0. The summed E-state index contributed by atoms with van der Waals surface area (Å²) in [5.41, 5.74) is 2.11. The lowest BCUT2D eigenvalue weighted by Gasteiger charge is -2.33. The number of hydrogen-bond acceptors (Lipinski definition) is 4. The number of aromatic nitrogens is 1. The summed E-state index contributed by atoms with van der Waals surface area (Å²) < 4.78 is 5.46. The summed E-state index contributed by atoms with van der Waals surface area (Å²) in [5.74, 6) is 1.76. The number of likely N-dealkylation sites (tertiary alicyclic amines) is 1. The molecule has 1 amide bonds. The van der Waals surface area contributed by atoms with Gasteiger partial charge in [-0.05, 0) is 76.8 Å². The van der Waals surface area contributed by atoms with Crippen molar-refractivity contribution in [2.45, 2.75) is 64.9 Å². The van der Waals surface area contributed by atoms with Crippen LogP contribution in [0.4, 0.5) is 10.6 Å². The molecule has 0 atom stereocenters. The van der Waals surface area contributed by atoms with Gasteiger partial charge in [0.2, 0.25) is 0 Å². The van der Waals surface area contributed by atoms with Gasteiger partial charge < -0.3 is 15.0 Å². The van der Waals surface area contributed by atoms with Crippen LogP contribution in [0.5, 0.6) is 0 Å². The fourth-order valence-corrected chi connectivity index (χ4v) is 3.59. The summed E-state index contributed by atoms with van der Waals surface area (Å²) in [7, 11) is 0. The molecule has 3 heterocycles. The first-order valence-electron chi connectivity index (χ1n) is 9.61. The fraction of sp³-hybridized carbons (Fsp3) is 0.700. The minimum absolute atomic E-state index is 0.173. The summed E-state index contributed by atoms with van der Waals surface area (Å²) in [4.78, 5) is 18.8. The normalized spacial score (nSPS) is 18.4. The standard InChI is InChI=1S/C20H31N3O2/c1-20(2,3)25-19(24)23-13-10-15(11-14-23)6-8-17-9-7-16-5-4-12-21-18(16)22-17/h7,9,15H,4-6,8,10-14H2,1-3H3,(H,21,22). The maximum absolute atomic E-state index is 12.1. The van der Waals surface area contributed by atoms with Crippen LogP contribution in [0.15, 0.2) is 12.1 Å². The highest BCUT2D eigenvalue weighted by atomic mass is 16.6. The summed E-state index contributed by atoms with van der Waals surface area (Å²) in [5, 5.41) is 3.41. The van der Waals surface area contributed by atoms with Gasteiger partial charge in [0.05, 0.1) is 0 Å². The SMILES string of the molecule is CC(C)(C)OC(=O)N1CCC(CCc2ccc3c(n2)NCCC3)CC1. The average Bonchev–Trinajstić information content (AvgIpc) is 2.59. The zero-order valence-electron chi connectivity index (χ0n) is 15.8. The van der Waals surface area contributed by atoms with E-state index in [4.69, 9.17) is 9.72 Å². The number of nitrogens with one attached hydrogen (secondary N) is 1. The Labute approximate surface area is 151 Å². The van der Waals surface area contributed by atoms with Crippen LogP contribution in [0.1, 0.15) is 57.7 Å². The maximum Gasteiger partial charge on any atom is 0.410 e. The Balaban J connectivity index is 1.44. The van der Waals surface area contributed by atoms with Crippen molar-refractivity contribution in [3.8, 4) is 0 Å². The molecule has 0 aliphatic carbocycles. The highest BCUT2D eigenvalue weighted by Gasteiger charge is 2.26. The van der Waals surface area contributed by atoms with Gasteiger partial charge in [0.25, 0.3) is 0 Å². The molecular weight excluding hydrogens is 314 g/mol. The van der Waals surface area contributed by atoms with Gasteiger partial charge >= 0.3 is 6.09 Å². The summed E-state index contributed by atoms with van der Waals surface area (Å²) >= 11 is 0. The van der Waals surface area contributed by atoms with Gasteiger partial charge in [-0.1, -0.05) is 6.07 Å². The molecule has 0 spiro atoms. The average molecular weight is 345 g/mol. The van der Waals surface area contributed by atoms with Gasteiger partial charge in [-0.3, -0.25) is 0 Å². The molecule has 2 aliphatic heterocycles. The molecule has 1 fully saturated rings. The van der Waals surface area contributed by atoms with Crippen molar-refractivity contribution >= 4 is 11.9 Å². The molecule has 5 heteroatoms. The van der Waals surface area contributed by atoms with Gasteiger partial charge in [0, 0.05) is 25.3 Å². The Bertz CT molecular complexity index is 601. The van der Waals surface area contributed by atoms with E-state index in [2.05, 4.69) is 17.4 Å². The van der Waals surface area contributed by atoms with Crippen molar-refractivity contribution in [1.82, 2.24) is 9.88 Å². The van der Waals surface area contributed by atoms with Gasteiger partial charge in [-0.25, -0.2) is 9.78 Å². The Hall–Kier alpha value is -1.78. The zero-order chi connectivity index (χ0) is 17.9. The third-order valence-electron chi connectivity index (χ3n) is 5.03. The first-order valence-corrected chi connectivity index (χ1v) is 9.61. The maximum atomic E-state index is 12.1. The number of carbonyl (C=O) groups is 1. The van der Waals surface area contributed by atoms with E-state index >= 15 is 0 Å². The van der Waals surface area contributed by atoms with Gasteiger partial charge in [0.1, 0.15) is 11.4 Å². The van der Waals surface area contributed by atoms with E-state index in [1.165, 1.54) is 17.7 Å². The third kappa shape index (κ3) is 5.10. The van der Waals surface area contributed by atoms with Gasteiger partial charge in [-0.15, -0.1) is 0 Å². The number of aryl methyl sites for hydroxylation is 2. The molecule has 2 aliphatic rings. The highest BCUT2D eigenvalue weighted by molar-refractivity contribution is 5.68. The van der Waals surface area contributed by atoms with E-state index in [0.717, 1.165) is 57.6 Å². The van der Waals surface area contributed by atoms with E-state index in [1.807, 2.05) is 25.7 Å². The van der Waals surface area contributed by atoms with Gasteiger partial charge in [0.15, 0.2) is 0 Å². The van der Waals surface area contributed by atoms with Crippen molar-refractivity contribution in [3.63, 3.8) is 0 Å². The van der Waals surface area contributed by atoms with Crippen molar-refractivity contribution in [2.75, 3.05) is 25.0 Å². The fourth-order valence-electron chi connectivity index (χ4n) is 3.59. The second-order valence-electron chi connectivity index (χ2n) is 8.29. The molecular formula is C20H31N3O2. The number of pyridine rings is 1. The number of rotatable bonds is 3. The lowest BCUT2D eigenvalue weighted by molar-refractivity contribution is 0.0181. The minimum Gasteiger partial charge on any atom is -0.444 e. The van der Waals surface area contributed by atoms with Crippen LogP contribution in [0.3, 0.4) is 0 Å². The van der Waals surface area contributed by atoms with E-state index in [9.17, 15) is 4.79 Å². The second-order valence-corrected chi connectivity index (χ2v) is 8.29. The summed E-state index contributed by atoms with van der Waals surface area (Å²) in [6, 6.07) is 4.41. The molecule has 1 N–H and O–H groups in total. The van der Waals surface area contributed by atoms with Crippen LogP contribution >= 0.6 is 0 Å². The number of piperidine rings is 1. The van der Waals surface area contributed by atoms with Crippen LogP contribution in [-0.2, 0) is 17.6 Å². The number of carbonyl (C=O) groups excluding carboxylic acids is 1. The number of ether oxygens (including phenoxy) is 1. The van der Waals surface area contributed by atoms with Gasteiger partial charge in [-0.2, -0.15) is 0 Å². The molecule has 1 aromatic rings. The third-order valence-corrected chi connectivity index (χ3v) is 5.03. The van der Waals surface area contributed by atoms with E-state index < -0.39 is 5.60 Å². The largest absolute Gasteiger partial charge is 0.444 e. The van der Waals surface area contributed by atoms with Crippen LogP contribution in [-0.4, -0.2) is 41.2 Å². The summed E-state index contributed by atoms with van der Waals surface area (Å²) in [6.45, 7) is 8.39. The first-order chi connectivity index (χ1) is 11.9. The van der Waals surface area contributed by atoms with Crippen molar-refractivity contribution < 1.29 is 9.53 Å². The molecule has 5 nitrogen and oxygen atoms in total. The Morgan fingerprint density at radius 1 is 1.32 bits per heavy atom. The number of fused-ring (bicyclic) bond motifs is 1. The number of amides is 1. The number of hydrogen-bond donors (Lipinski definition) is 1. The van der Waals surface area contributed by atoms with Crippen molar-refractivity contribution in [1.29, 1.82) is 0 Å². The molecule has 138 valence electrons. The van der Waals surface area contributed by atoms with E-state index in [-0.39, 0.29) is 6.09 Å². The topological polar surface area (TPSA) is 54.5 Å². The van der Waals surface area contributed by atoms with Crippen LogP contribution in [0.25, 0.3) is 0 Å². The van der Waals surface area contributed by atoms with Crippen molar-refractivity contribution in [2.24, 2.45) is 5.92 Å². The molecule has 0 bridgehead atoms. The summed E-state index contributed by atoms with van der Waals surface area (Å²) in [6.07, 6.45) is 6.45. The number of nitrogens with zero attached hydrogens (tertiary/aromatic N) is 2. The van der Waals surface area contributed by atoms with Crippen LogP contribution in [0, 0.1) is 5.92 Å².